The van der Waals surface area contributed by atoms with Crippen LogP contribution < -0.4 is 5.32 Å². The Bertz CT molecular complexity index is 418. The van der Waals surface area contributed by atoms with Crippen LogP contribution in [-0.2, 0) is 0 Å². The van der Waals surface area contributed by atoms with Crippen LogP contribution in [0.15, 0.2) is 34.3 Å². The molecule has 1 aliphatic rings. The summed E-state index contributed by atoms with van der Waals surface area (Å²) >= 11 is 0. The lowest BCUT2D eigenvalue weighted by Crippen LogP contribution is -2.33. The highest BCUT2D eigenvalue weighted by Gasteiger charge is 2.18. The maximum absolute atomic E-state index is 12.7. The maximum Gasteiger partial charge on any atom is 0.148 e. The standard InChI is InChI=1S/C11H12FN3/c1-11(2)14-7-13-10(15-11)8-3-5-9(12)6-4-8/h3-7H,1-2H3,(H,13,14,15). The molecule has 0 spiro atoms. The van der Waals surface area contributed by atoms with Crippen LogP contribution in [-0.4, -0.2) is 17.8 Å². The average molecular weight is 205 g/mol. The van der Waals surface area contributed by atoms with Crippen molar-refractivity contribution < 1.29 is 4.39 Å². The van der Waals surface area contributed by atoms with Crippen molar-refractivity contribution in [3.63, 3.8) is 0 Å². The maximum atomic E-state index is 12.7. The van der Waals surface area contributed by atoms with E-state index in [4.69, 9.17) is 0 Å². The summed E-state index contributed by atoms with van der Waals surface area (Å²) in [7, 11) is 0. The van der Waals surface area contributed by atoms with Gasteiger partial charge in [-0.3, -0.25) is 0 Å². The molecule has 0 atom stereocenters. The first-order valence-electron chi connectivity index (χ1n) is 4.73. The van der Waals surface area contributed by atoms with Crippen molar-refractivity contribution in [2.24, 2.45) is 9.98 Å². The summed E-state index contributed by atoms with van der Waals surface area (Å²) in [4.78, 5) is 8.56. The van der Waals surface area contributed by atoms with Gasteiger partial charge < -0.3 is 5.32 Å². The summed E-state index contributed by atoms with van der Waals surface area (Å²) < 4.78 is 12.7. The van der Waals surface area contributed by atoms with Crippen molar-refractivity contribution in [2.45, 2.75) is 19.5 Å². The third kappa shape index (κ3) is 2.21. The highest BCUT2D eigenvalue weighted by atomic mass is 19.1. The lowest BCUT2D eigenvalue weighted by molar-refractivity contribution is 0.547. The number of aliphatic imine (C=N–C) groups is 2. The number of hydrogen-bond donors (Lipinski definition) is 1. The second-order valence-corrected chi connectivity index (χ2v) is 3.86. The molecule has 0 bridgehead atoms. The van der Waals surface area contributed by atoms with E-state index in [1.54, 1.807) is 18.5 Å². The molecule has 0 radical (unpaired) electrons. The number of rotatable bonds is 1. The van der Waals surface area contributed by atoms with E-state index in [0.29, 0.717) is 0 Å². The molecule has 0 fully saturated rings. The number of amidine groups is 1. The molecule has 15 heavy (non-hydrogen) atoms. The van der Waals surface area contributed by atoms with Crippen LogP contribution in [0.2, 0.25) is 0 Å². The van der Waals surface area contributed by atoms with E-state index in [0.717, 1.165) is 11.4 Å². The summed E-state index contributed by atoms with van der Waals surface area (Å²) in [6, 6.07) is 6.21. The number of halogens is 1. The van der Waals surface area contributed by atoms with Crippen LogP contribution in [0, 0.1) is 5.82 Å². The van der Waals surface area contributed by atoms with Gasteiger partial charge in [-0.15, -0.1) is 0 Å². The monoisotopic (exact) mass is 205 g/mol. The Morgan fingerprint density at radius 3 is 2.47 bits per heavy atom. The molecule has 1 aromatic rings. The lowest BCUT2D eigenvalue weighted by Gasteiger charge is -2.21. The quantitative estimate of drug-likeness (QED) is 0.747. The molecule has 0 amide bonds. The zero-order chi connectivity index (χ0) is 10.9. The molecule has 0 aromatic heterocycles. The lowest BCUT2D eigenvalue weighted by atomic mass is 10.1. The Morgan fingerprint density at radius 2 is 1.87 bits per heavy atom. The smallest absolute Gasteiger partial charge is 0.148 e. The van der Waals surface area contributed by atoms with Crippen LogP contribution in [0.4, 0.5) is 4.39 Å². The number of nitrogens with one attached hydrogen (secondary N) is 1. The first kappa shape index (κ1) is 9.83. The summed E-state index contributed by atoms with van der Waals surface area (Å²) in [5.74, 6) is 0.470. The number of benzene rings is 1. The fraction of sp³-hybridized carbons (Fsp3) is 0.273. The molecule has 1 heterocycles. The molecule has 1 aromatic carbocycles. The Kier molecular flexibility index (Phi) is 2.26. The van der Waals surface area contributed by atoms with Gasteiger partial charge in [0.1, 0.15) is 17.3 Å². The van der Waals surface area contributed by atoms with Gasteiger partial charge in [-0.05, 0) is 38.1 Å². The molecule has 1 aliphatic heterocycles. The predicted molar refractivity (Wildman–Crippen MR) is 58.6 cm³/mol. The molecule has 0 aliphatic carbocycles. The second-order valence-electron chi connectivity index (χ2n) is 3.86. The van der Waals surface area contributed by atoms with Gasteiger partial charge in [0.2, 0.25) is 0 Å². The van der Waals surface area contributed by atoms with Crippen molar-refractivity contribution in [3.05, 3.63) is 35.6 Å². The Hall–Kier alpha value is -1.71. The van der Waals surface area contributed by atoms with Crippen LogP contribution in [0.3, 0.4) is 0 Å². The van der Waals surface area contributed by atoms with Gasteiger partial charge in [-0.1, -0.05) is 0 Å². The molecule has 0 saturated carbocycles. The van der Waals surface area contributed by atoms with E-state index >= 15 is 0 Å². The fourth-order valence-corrected chi connectivity index (χ4v) is 1.34. The number of hydrogen-bond acceptors (Lipinski definition) is 3. The van der Waals surface area contributed by atoms with Crippen LogP contribution in [0.5, 0.6) is 0 Å². The predicted octanol–water partition coefficient (Wildman–Crippen LogP) is 1.94. The highest BCUT2D eigenvalue weighted by molar-refractivity contribution is 6.05. The first-order valence-corrected chi connectivity index (χ1v) is 4.73. The van der Waals surface area contributed by atoms with Gasteiger partial charge in [-0.2, -0.15) is 0 Å². The molecule has 78 valence electrons. The first-order chi connectivity index (χ1) is 7.07. The van der Waals surface area contributed by atoms with E-state index < -0.39 is 5.66 Å². The normalized spacial score (nSPS) is 18.2. The largest absolute Gasteiger partial charge is 0.331 e. The summed E-state index contributed by atoms with van der Waals surface area (Å²) in [5, 5.41) is 2.95. The van der Waals surface area contributed by atoms with Crippen molar-refractivity contribution in [2.75, 3.05) is 0 Å². The molecule has 3 nitrogen and oxygen atoms in total. The Morgan fingerprint density at radius 1 is 1.20 bits per heavy atom. The minimum Gasteiger partial charge on any atom is -0.331 e. The van der Waals surface area contributed by atoms with Gasteiger partial charge in [0.25, 0.3) is 0 Å². The van der Waals surface area contributed by atoms with Gasteiger partial charge in [0.15, 0.2) is 0 Å². The van der Waals surface area contributed by atoms with E-state index in [9.17, 15) is 4.39 Å². The molecule has 0 unspecified atom stereocenters. The third-order valence-corrected chi connectivity index (χ3v) is 2.08. The summed E-state index contributed by atoms with van der Waals surface area (Å²) in [5.41, 5.74) is 0.408. The zero-order valence-corrected chi connectivity index (χ0v) is 8.66. The minimum absolute atomic E-state index is 0.247. The average Bonchev–Trinajstić information content (AvgIpc) is 2.17. The van der Waals surface area contributed by atoms with Crippen LogP contribution >= 0.6 is 0 Å². The van der Waals surface area contributed by atoms with Gasteiger partial charge in [0.05, 0.1) is 6.34 Å². The van der Waals surface area contributed by atoms with E-state index in [-0.39, 0.29) is 5.82 Å². The second kappa shape index (κ2) is 3.46. The molecule has 4 heteroatoms. The van der Waals surface area contributed by atoms with Crippen molar-refractivity contribution in [1.29, 1.82) is 0 Å². The Labute approximate surface area is 87.8 Å². The zero-order valence-electron chi connectivity index (χ0n) is 8.66. The van der Waals surface area contributed by atoms with Crippen LogP contribution in [0.25, 0.3) is 0 Å². The fourth-order valence-electron chi connectivity index (χ4n) is 1.34. The van der Waals surface area contributed by atoms with Crippen molar-refractivity contribution in [1.82, 2.24) is 5.32 Å². The molecule has 2 rings (SSSR count). The van der Waals surface area contributed by atoms with E-state index in [1.807, 2.05) is 13.8 Å². The minimum atomic E-state index is -0.449. The topological polar surface area (TPSA) is 36.8 Å². The van der Waals surface area contributed by atoms with Crippen LogP contribution in [0.1, 0.15) is 19.4 Å². The van der Waals surface area contributed by atoms with E-state index in [2.05, 4.69) is 15.3 Å². The van der Waals surface area contributed by atoms with Gasteiger partial charge >= 0.3 is 0 Å². The number of nitrogens with zero attached hydrogens (tertiary/aromatic N) is 2. The third-order valence-electron chi connectivity index (χ3n) is 2.08. The van der Waals surface area contributed by atoms with Gasteiger partial charge in [0, 0.05) is 5.56 Å². The molecular weight excluding hydrogens is 193 g/mol. The Balaban J connectivity index is 2.32. The molecule has 1 N–H and O–H groups in total. The van der Waals surface area contributed by atoms with Crippen molar-refractivity contribution in [3.8, 4) is 0 Å². The summed E-state index contributed by atoms with van der Waals surface area (Å²) in [6.45, 7) is 3.82. The molecule has 0 saturated heterocycles. The SMILES string of the molecule is CC1(C)N=CNC(c2ccc(F)cc2)=N1. The van der Waals surface area contributed by atoms with E-state index in [1.165, 1.54) is 12.1 Å². The highest BCUT2D eigenvalue weighted by Crippen LogP contribution is 2.15. The van der Waals surface area contributed by atoms with Crippen molar-refractivity contribution >= 4 is 12.2 Å². The van der Waals surface area contributed by atoms with Gasteiger partial charge in [-0.25, -0.2) is 14.4 Å². The summed E-state index contributed by atoms with van der Waals surface area (Å²) in [6.07, 6.45) is 1.62. The molecular formula is C11H12FN3.